The van der Waals surface area contributed by atoms with Crippen LogP contribution in [0.15, 0.2) is 24.4 Å². The van der Waals surface area contributed by atoms with E-state index in [0.29, 0.717) is 13.1 Å². The second-order valence-electron chi connectivity index (χ2n) is 5.63. The van der Waals surface area contributed by atoms with E-state index >= 15 is 0 Å². The van der Waals surface area contributed by atoms with Gasteiger partial charge >= 0.3 is 0 Å². The van der Waals surface area contributed by atoms with Crippen molar-refractivity contribution < 1.29 is 9.59 Å². The van der Waals surface area contributed by atoms with Crippen LogP contribution in [-0.2, 0) is 9.59 Å². The summed E-state index contributed by atoms with van der Waals surface area (Å²) < 4.78 is 0. The van der Waals surface area contributed by atoms with Gasteiger partial charge in [0.25, 0.3) is 0 Å². The van der Waals surface area contributed by atoms with Gasteiger partial charge in [0.1, 0.15) is 11.9 Å². The molecule has 0 aliphatic carbocycles. The third kappa shape index (κ3) is 5.21. The Morgan fingerprint density at radius 2 is 2.00 bits per heavy atom. The molecule has 0 radical (unpaired) electrons. The first-order valence-electron chi connectivity index (χ1n) is 8.05. The van der Waals surface area contributed by atoms with Gasteiger partial charge in [-0.2, -0.15) is 0 Å². The first kappa shape index (κ1) is 17.2. The average molecular weight is 319 g/mol. The Hall–Kier alpha value is -2.15. The Morgan fingerprint density at radius 3 is 2.61 bits per heavy atom. The topological polar surface area (TPSA) is 77.6 Å². The molecule has 0 spiro atoms. The predicted molar refractivity (Wildman–Crippen MR) is 89.2 cm³/mol. The van der Waals surface area contributed by atoms with Crippen LogP contribution in [-0.4, -0.2) is 67.0 Å². The molecule has 23 heavy (non-hydrogen) atoms. The molecule has 2 heterocycles. The van der Waals surface area contributed by atoms with E-state index in [1.807, 2.05) is 25.1 Å². The summed E-state index contributed by atoms with van der Waals surface area (Å²) in [5.41, 5.74) is 0. The fourth-order valence-electron chi connectivity index (χ4n) is 2.56. The van der Waals surface area contributed by atoms with Gasteiger partial charge in [0.15, 0.2) is 0 Å². The molecule has 2 rings (SSSR count). The highest BCUT2D eigenvalue weighted by molar-refractivity contribution is 5.87. The number of carbonyl (C=O) groups excluding carboxylic acids is 2. The van der Waals surface area contributed by atoms with Crippen LogP contribution >= 0.6 is 0 Å². The lowest BCUT2D eigenvalue weighted by atomic mass is 10.2. The van der Waals surface area contributed by atoms with Crippen LogP contribution in [0.4, 0.5) is 5.82 Å². The van der Waals surface area contributed by atoms with Crippen LogP contribution in [0.5, 0.6) is 0 Å². The van der Waals surface area contributed by atoms with Crippen molar-refractivity contribution in [3.63, 3.8) is 0 Å². The highest BCUT2D eigenvalue weighted by atomic mass is 16.2. The monoisotopic (exact) mass is 319 g/mol. The second-order valence-corrected chi connectivity index (χ2v) is 5.63. The van der Waals surface area contributed by atoms with Crippen molar-refractivity contribution in [2.24, 2.45) is 0 Å². The van der Waals surface area contributed by atoms with E-state index in [-0.39, 0.29) is 11.8 Å². The molecule has 1 aromatic rings. The Bertz CT molecular complexity index is 514. The molecule has 7 nitrogen and oxygen atoms in total. The summed E-state index contributed by atoms with van der Waals surface area (Å²) in [5.74, 6) is 0.706. The summed E-state index contributed by atoms with van der Waals surface area (Å²) in [7, 11) is 0. The first-order chi connectivity index (χ1) is 11.1. The fourth-order valence-corrected chi connectivity index (χ4v) is 2.56. The molecule has 1 aromatic heterocycles. The van der Waals surface area contributed by atoms with Crippen molar-refractivity contribution in [3.8, 4) is 0 Å². The van der Waals surface area contributed by atoms with Crippen molar-refractivity contribution in [2.75, 3.05) is 44.2 Å². The Labute approximate surface area is 137 Å². The molecule has 1 fully saturated rings. The molecule has 1 saturated heterocycles. The minimum atomic E-state index is -0.503. The Morgan fingerprint density at radius 1 is 1.26 bits per heavy atom. The number of pyridine rings is 1. The molecule has 2 N–H and O–H groups in total. The van der Waals surface area contributed by atoms with Crippen molar-refractivity contribution in [3.05, 3.63) is 24.4 Å². The minimum absolute atomic E-state index is 0.116. The third-order valence-corrected chi connectivity index (χ3v) is 3.83. The van der Waals surface area contributed by atoms with Crippen LogP contribution in [0.2, 0.25) is 0 Å². The molecule has 1 aliphatic rings. The summed E-state index contributed by atoms with van der Waals surface area (Å²) in [4.78, 5) is 32.3. The number of nitrogens with zero attached hydrogens (tertiary/aromatic N) is 3. The first-order valence-corrected chi connectivity index (χ1v) is 8.05. The van der Waals surface area contributed by atoms with Crippen molar-refractivity contribution >= 4 is 17.6 Å². The van der Waals surface area contributed by atoms with E-state index in [9.17, 15) is 9.59 Å². The number of likely N-dealkylation sites (N-methyl/N-ethyl adjacent to an activating group) is 1. The van der Waals surface area contributed by atoms with Crippen molar-refractivity contribution in [1.82, 2.24) is 20.5 Å². The molecule has 0 bridgehead atoms. The number of anilines is 1. The molecular weight excluding hydrogens is 294 g/mol. The van der Waals surface area contributed by atoms with Gasteiger partial charge < -0.3 is 15.5 Å². The summed E-state index contributed by atoms with van der Waals surface area (Å²) >= 11 is 0. The van der Waals surface area contributed by atoms with Gasteiger partial charge in [-0.1, -0.05) is 6.07 Å². The van der Waals surface area contributed by atoms with Gasteiger partial charge in [-0.15, -0.1) is 0 Å². The van der Waals surface area contributed by atoms with E-state index in [1.54, 1.807) is 13.1 Å². The zero-order chi connectivity index (χ0) is 16.7. The van der Waals surface area contributed by atoms with Crippen LogP contribution in [0.1, 0.15) is 13.8 Å². The fraction of sp³-hybridized carbons (Fsp3) is 0.562. The Balaban J connectivity index is 1.73. The highest BCUT2D eigenvalue weighted by Crippen LogP contribution is 2.12. The summed E-state index contributed by atoms with van der Waals surface area (Å²) in [6.45, 7) is 7.73. The second kappa shape index (κ2) is 8.47. The van der Waals surface area contributed by atoms with Crippen LogP contribution < -0.4 is 15.5 Å². The Kier molecular flexibility index (Phi) is 6.34. The van der Waals surface area contributed by atoms with E-state index in [4.69, 9.17) is 0 Å². The third-order valence-electron chi connectivity index (χ3n) is 3.83. The number of hydrogen-bond donors (Lipinski definition) is 2. The predicted octanol–water partition coefficient (Wildman–Crippen LogP) is -0.156. The normalized spacial score (nSPS) is 16.7. The maximum absolute atomic E-state index is 12.0. The van der Waals surface area contributed by atoms with E-state index in [1.165, 1.54) is 0 Å². The maximum atomic E-state index is 12.0. The quantitative estimate of drug-likeness (QED) is 0.762. The van der Waals surface area contributed by atoms with Gasteiger partial charge in [0.2, 0.25) is 11.8 Å². The lowest BCUT2D eigenvalue weighted by molar-refractivity contribution is -0.129. The molecule has 1 atom stereocenters. The summed E-state index contributed by atoms with van der Waals surface area (Å²) in [5, 5.41) is 5.43. The number of carbonyl (C=O) groups is 2. The smallest absolute Gasteiger partial charge is 0.242 e. The summed E-state index contributed by atoms with van der Waals surface area (Å²) in [6, 6.07) is 5.37. The standard InChI is InChI=1S/C16H25N5O2/c1-3-17-16(23)13(2)19-15(22)12-20-8-10-21(11-9-20)14-6-4-5-7-18-14/h4-7,13H,3,8-12H2,1-2H3,(H,17,23)(H,19,22)/t13-/m0/s1. The largest absolute Gasteiger partial charge is 0.355 e. The lowest BCUT2D eigenvalue weighted by Crippen LogP contribution is -2.52. The number of nitrogens with one attached hydrogen (secondary N) is 2. The minimum Gasteiger partial charge on any atom is -0.355 e. The summed E-state index contributed by atoms with van der Waals surface area (Å²) in [6.07, 6.45) is 1.79. The van der Waals surface area contributed by atoms with E-state index in [0.717, 1.165) is 32.0 Å². The highest BCUT2D eigenvalue weighted by Gasteiger charge is 2.21. The van der Waals surface area contributed by atoms with Gasteiger partial charge in [0, 0.05) is 38.9 Å². The van der Waals surface area contributed by atoms with Gasteiger partial charge in [0.05, 0.1) is 6.54 Å². The molecule has 1 aliphatic heterocycles. The molecule has 2 amide bonds. The lowest BCUT2D eigenvalue weighted by Gasteiger charge is -2.35. The van der Waals surface area contributed by atoms with Crippen LogP contribution in [0.3, 0.4) is 0 Å². The van der Waals surface area contributed by atoms with Gasteiger partial charge in [-0.05, 0) is 26.0 Å². The van der Waals surface area contributed by atoms with Gasteiger partial charge in [-0.3, -0.25) is 14.5 Å². The average Bonchev–Trinajstić information content (AvgIpc) is 2.56. The zero-order valence-corrected chi connectivity index (χ0v) is 13.8. The number of hydrogen-bond acceptors (Lipinski definition) is 5. The molecule has 126 valence electrons. The zero-order valence-electron chi connectivity index (χ0n) is 13.8. The van der Waals surface area contributed by atoms with Crippen LogP contribution in [0.25, 0.3) is 0 Å². The number of piperazine rings is 1. The maximum Gasteiger partial charge on any atom is 0.242 e. The van der Waals surface area contributed by atoms with Crippen molar-refractivity contribution in [1.29, 1.82) is 0 Å². The number of amides is 2. The van der Waals surface area contributed by atoms with Crippen LogP contribution in [0, 0.1) is 0 Å². The molecule has 0 unspecified atom stereocenters. The molecular formula is C16H25N5O2. The van der Waals surface area contributed by atoms with E-state index in [2.05, 4.69) is 25.4 Å². The van der Waals surface area contributed by atoms with Gasteiger partial charge in [-0.25, -0.2) is 4.98 Å². The molecule has 0 aromatic carbocycles. The SMILES string of the molecule is CCNC(=O)[C@H](C)NC(=O)CN1CCN(c2ccccn2)CC1. The number of rotatable bonds is 6. The molecule has 0 saturated carbocycles. The number of aromatic nitrogens is 1. The van der Waals surface area contributed by atoms with Crippen molar-refractivity contribution in [2.45, 2.75) is 19.9 Å². The van der Waals surface area contributed by atoms with E-state index < -0.39 is 6.04 Å². The molecule has 7 heteroatoms.